The van der Waals surface area contributed by atoms with Gasteiger partial charge >= 0.3 is 0 Å². The average molecular weight is 447 g/mol. The molecule has 0 atom stereocenters. The summed E-state index contributed by atoms with van der Waals surface area (Å²) in [7, 11) is 0. The normalized spacial score (nSPS) is 11.1. The molecule has 0 saturated heterocycles. The van der Waals surface area contributed by atoms with Gasteiger partial charge in [0.1, 0.15) is 0 Å². The van der Waals surface area contributed by atoms with Crippen LogP contribution in [0.25, 0.3) is 12.2 Å². The van der Waals surface area contributed by atoms with E-state index in [0.29, 0.717) is 0 Å². The predicted molar refractivity (Wildman–Crippen MR) is 150 cm³/mol. The molecule has 2 heteroatoms. The minimum absolute atomic E-state index is 1.00. The molecule has 0 heterocycles. The first-order valence-corrected chi connectivity index (χ1v) is 12.1. The Morgan fingerprint density at radius 1 is 0.559 bits per heavy atom. The van der Waals surface area contributed by atoms with Crippen LogP contribution in [0.4, 0.5) is 22.7 Å². The number of hydrogen-bond acceptors (Lipinski definition) is 2. The highest BCUT2D eigenvalue weighted by molar-refractivity contribution is 5.80. The molecule has 0 N–H and O–H groups in total. The third-order valence-corrected chi connectivity index (χ3v) is 6.23. The summed E-state index contributed by atoms with van der Waals surface area (Å²) in [4.78, 5) is 4.70. The monoisotopic (exact) mass is 446 g/mol. The lowest BCUT2D eigenvalue weighted by Gasteiger charge is -2.26. The molecule has 0 aliphatic heterocycles. The average Bonchev–Trinajstić information content (AvgIpc) is 2.87. The first-order valence-electron chi connectivity index (χ1n) is 12.1. The SMILES string of the molecule is CCN(CC)c1ccccc1C=Cc1ccc(N(c2ccc(C)cc2)c2ccc(C)cc2)cc1. The number of hydrogen-bond donors (Lipinski definition) is 0. The summed E-state index contributed by atoms with van der Waals surface area (Å²) >= 11 is 0. The zero-order valence-corrected chi connectivity index (χ0v) is 20.7. The molecule has 4 aromatic rings. The molecule has 0 aromatic heterocycles. The first kappa shape index (κ1) is 23.4. The van der Waals surface area contributed by atoms with Gasteiger partial charge in [-0.1, -0.05) is 77.9 Å². The van der Waals surface area contributed by atoms with E-state index in [9.17, 15) is 0 Å². The molecular weight excluding hydrogens is 412 g/mol. The van der Waals surface area contributed by atoms with Gasteiger partial charge in [0, 0.05) is 35.8 Å². The van der Waals surface area contributed by atoms with Gasteiger partial charge in [0.2, 0.25) is 0 Å². The standard InChI is InChI=1S/C32H34N2/c1-5-33(6-2)32-10-8-7-9-28(32)18-15-27-16-23-31(24-17-27)34(29-19-11-25(3)12-20-29)30-21-13-26(4)14-22-30/h7-24H,5-6H2,1-4H3. The molecule has 0 amide bonds. The van der Waals surface area contributed by atoms with E-state index in [2.05, 4.69) is 147 Å². The second-order valence-electron chi connectivity index (χ2n) is 8.66. The largest absolute Gasteiger partial charge is 0.372 e. The Morgan fingerprint density at radius 3 is 1.53 bits per heavy atom. The maximum absolute atomic E-state index is 2.39. The molecule has 4 aromatic carbocycles. The Labute approximate surface area is 204 Å². The Bertz CT molecular complexity index is 1170. The van der Waals surface area contributed by atoms with Crippen molar-refractivity contribution in [2.75, 3.05) is 22.9 Å². The molecule has 4 rings (SSSR count). The van der Waals surface area contributed by atoms with Crippen molar-refractivity contribution in [1.82, 2.24) is 0 Å². The maximum atomic E-state index is 2.39. The van der Waals surface area contributed by atoms with Gasteiger partial charge in [0.05, 0.1) is 0 Å². The van der Waals surface area contributed by atoms with Crippen LogP contribution >= 0.6 is 0 Å². The van der Waals surface area contributed by atoms with Gasteiger partial charge in [-0.2, -0.15) is 0 Å². The van der Waals surface area contributed by atoms with Crippen molar-refractivity contribution in [1.29, 1.82) is 0 Å². The van der Waals surface area contributed by atoms with Gasteiger partial charge in [-0.3, -0.25) is 0 Å². The van der Waals surface area contributed by atoms with E-state index in [1.165, 1.54) is 27.9 Å². The molecule has 0 aliphatic carbocycles. The summed E-state index contributed by atoms with van der Waals surface area (Å²) in [5.41, 5.74) is 9.70. The van der Waals surface area contributed by atoms with Crippen LogP contribution in [0.1, 0.15) is 36.1 Å². The van der Waals surface area contributed by atoms with Crippen molar-refractivity contribution in [2.45, 2.75) is 27.7 Å². The predicted octanol–water partition coefficient (Wildman–Crippen LogP) is 8.79. The molecule has 0 spiro atoms. The first-order chi connectivity index (χ1) is 16.6. The van der Waals surface area contributed by atoms with Crippen LogP contribution in [0.15, 0.2) is 97.1 Å². The van der Waals surface area contributed by atoms with E-state index in [-0.39, 0.29) is 0 Å². The number of para-hydroxylation sites is 1. The lowest BCUT2D eigenvalue weighted by Crippen LogP contribution is -2.22. The van der Waals surface area contributed by atoms with Crippen molar-refractivity contribution in [2.24, 2.45) is 0 Å². The van der Waals surface area contributed by atoms with Crippen molar-refractivity contribution >= 4 is 34.9 Å². The van der Waals surface area contributed by atoms with E-state index < -0.39 is 0 Å². The van der Waals surface area contributed by atoms with Gasteiger partial charge in [-0.25, -0.2) is 0 Å². The van der Waals surface area contributed by atoms with Crippen LogP contribution in [-0.2, 0) is 0 Å². The van der Waals surface area contributed by atoms with Crippen LogP contribution in [0.2, 0.25) is 0 Å². The third-order valence-electron chi connectivity index (χ3n) is 6.23. The van der Waals surface area contributed by atoms with Gasteiger partial charge in [-0.05, 0) is 81.3 Å². The van der Waals surface area contributed by atoms with Crippen LogP contribution in [0.3, 0.4) is 0 Å². The highest BCUT2D eigenvalue weighted by Crippen LogP contribution is 2.35. The van der Waals surface area contributed by atoms with Gasteiger partial charge in [0.15, 0.2) is 0 Å². The minimum atomic E-state index is 1.00. The molecule has 0 fully saturated rings. The number of anilines is 4. The number of rotatable bonds is 8. The molecule has 0 bridgehead atoms. The summed E-state index contributed by atoms with van der Waals surface area (Å²) in [5, 5.41) is 0. The minimum Gasteiger partial charge on any atom is -0.372 e. The second kappa shape index (κ2) is 10.9. The van der Waals surface area contributed by atoms with E-state index >= 15 is 0 Å². The summed E-state index contributed by atoms with van der Waals surface area (Å²) in [6, 6.07) is 34.8. The highest BCUT2D eigenvalue weighted by Gasteiger charge is 2.12. The molecule has 34 heavy (non-hydrogen) atoms. The van der Waals surface area contributed by atoms with Crippen LogP contribution in [0, 0.1) is 13.8 Å². The van der Waals surface area contributed by atoms with E-state index in [1.807, 2.05) is 0 Å². The molecule has 2 nitrogen and oxygen atoms in total. The molecule has 0 unspecified atom stereocenters. The van der Waals surface area contributed by atoms with Crippen LogP contribution < -0.4 is 9.80 Å². The molecule has 0 radical (unpaired) electrons. The van der Waals surface area contributed by atoms with Crippen molar-refractivity contribution in [3.63, 3.8) is 0 Å². The molecular formula is C32H34N2. The molecule has 172 valence electrons. The summed E-state index contributed by atoms with van der Waals surface area (Å²) in [6.45, 7) is 10.7. The number of aryl methyl sites for hydroxylation is 2. The lowest BCUT2D eigenvalue weighted by molar-refractivity contribution is 0.865. The van der Waals surface area contributed by atoms with Crippen LogP contribution in [0.5, 0.6) is 0 Å². The number of benzene rings is 4. The fourth-order valence-corrected chi connectivity index (χ4v) is 4.24. The van der Waals surface area contributed by atoms with E-state index in [1.54, 1.807) is 0 Å². The van der Waals surface area contributed by atoms with Gasteiger partial charge in [0.25, 0.3) is 0 Å². The third kappa shape index (κ3) is 5.40. The fraction of sp³-hybridized carbons (Fsp3) is 0.188. The molecule has 0 saturated carbocycles. The van der Waals surface area contributed by atoms with Crippen molar-refractivity contribution < 1.29 is 0 Å². The quantitative estimate of drug-likeness (QED) is 0.250. The topological polar surface area (TPSA) is 6.48 Å². The summed E-state index contributed by atoms with van der Waals surface area (Å²) < 4.78 is 0. The van der Waals surface area contributed by atoms with Gasteiger partial charge < -0.3 is 9.80 Å². The molecule has 0 aliphatic rings. The Morgan fingerprint density at radius 2 is 1.03 bits per heavy atom. The smallest absolute Gasteiger partial charge is 0.0462 e. The Hall–Kier alpha value is -3.78. The van der Waals surface area contributed by atoms with Crippen LogP contribution in [-0.4, -0.2) is 13.1 Å². The summed E-state index contributed by atoms with van der Waals surface area (Å²) in [5.74, 6) is 0. The Kier molecular flexibility index (Phi) is 7.49. The van der Waals surface area contributed by atoms with E-state index in [0.717, 1.165) is 30.2 Å². The zero-order valence-electron chi connectivity index (χ0n) is 20.7. The maximum Gasteiger partial charge on any atom is 0.0462 e. The lowest BCUT2D eigenvalue weighted by atomic mass is 10.1. The van der Waals surface area contributed by atoms with Gasteiger partial charge in [-0.15, -0.1) is 0 Å². The zero-order chi connectivity index (χ0) is 23.9. The summed E-state index contributed by atoms with van der Waals surface area (Å²) in [6.07, 6.45) is 4.43. The highest BCUT2D eigenvalue weighted by atomic mass is 15.1. The van der Waals surface area contributed by atoms with Crippen molar-refractivity contribution in [3.05, 3.63) is 119 Å². The second-order valence-corrected chi connectivity index (χ2v) is 8.66. The van der Waals surface area contributed by atoms with E-state index in [4.69, 9.17) is 0 Å². The van der Waals surface area contributed by atoms with Crippen molar-refractivity contribution in [3.8, 4) is 0 Å². The number of nitrogens with zero attached hydrogens (tertiary/aromatic N) is 2. The fourth-order valence-electron chi connectivity index (χ4n) is 4.24. The Balaban J connectivity index is 1.64.